The number of aryl methyl sites for hydroxylation is 1. The molecule has 8 heteroatoms. The van der Waals surface area contributed by atoms with Gasteiger partial charge in [0.2, 0.25) is 5.78 Å². The molecule has 0 aliphatic carbocycles. The molecule has 0 aliphatic rings. The van der Waals surface area contributed by atoms with Gasteiger partial charge in [0.15, 0.2) is 0 Å². The first kappa shape index (κ1) is 22.0. The standard InChI is InChI=1S/C23H19BrN4O3/c1-14-5-3-6-16(11-14)21(29)15(2)27-28-23(31)19-12-18(24)8-9-20(19)26-22(30)17-7-4-10-25-13-17/h3-13H,1-2H3,(H,26,30)(H,28,31). The van der Waals surface area contributed by atoms with Crippen LogP contribution in [0.1, 0.15) is 43.6 Å². The van der Waals surface area contributed by atoms with E-state index >= 15 is 0 Å². The zero-order valence-electron chi connectivity index (χ0n) is 16.8. The SMILES string of the molecule is CC(=NNC(=O)c1cc(Br)ccc1NC(=O)c1cccnc1)C(=O)c1cccc(C)c1. The van der Waals surface area contributed by atoms with E-state index in [-0.39, 0.29) is 17.1 Å². The quantitative estimate of drug-likeness (QED) is 0.311. The lowest BCUT2D eigenvalue weighted by Gasteiger charge is -2.11. The summed E-state index contributed by atoms with van der Waals surface area (Å²) in [5, 5.41) is 6.65. The third-order valence-electron chi connectivity index (χ3n) is 4.33. The number of nitrogens with zero attached hydrogens (tertiary/aromatic N) is 2. The Hall–Kier alpha value is -3.65. The van der Waals surface area contributed by atoms with Crippen LogP contribution in [0.2, 0.25) is 0 Å². The molecule has 3 aromatic rings. The number of nitrogens with one attached hydrogen (secondary N) is 2. The van der Waals surface area contributed by atoms with Gasteiger partial charge in [0, 0.05) is 22.4 Å². The monoisotopic (exact) mass is 478 g/mol. The summed E-state index contributed by atoms with van der Waals surface area (Å²) in [7, 11) is 0. The van der Waals surface area contributed by atoms with Crippen molar-refractivity contribution in [2.45, 2.75) is 13.8 Å². The highest BCUT2D eigenvalue weighted by molar-refractivity contribution is 9.10. The van der Waals surface area contributed by atoms with E-state index in [1.807, 2.05) is 13.0 Å². The fourth-order valence-corrected chi connectivity index (χ4v) is 3.11. The summed E-state index contributed by atoms with van der Waals surface area (Å²) in [5.41, 5.74) is 4.80. The average Bonchev–Trinajstić information content (AvgIpc) is 2.78. The molecule has 1 heterocycles. The van der Waals surface area contributed by atoms with Crippen LogP contribution in [0, 0.1) is 6.92 Å². The number of anilines is 1. The van der Waals surface area contributed by atoms with Gasteiger partial charge < -0.3 is 5.32 Å². The highest BCUT2D eigenvalue weighted by atomic mass is 79.9. The van der Waals surface area contributed by atoms with E-state index in [9.17, 15) is 14.4 Å². The molecule has 1 aromatic heterocycles. The Morgan fingerprint density at radius 1 is 0.968 bits per heavy atom. The fourth-order valence-electron chi connectivity index (χ4n) is 2.75. The highest BCUT2D eigenvalue weighted by Gasteiger charge is 2.16. The van der Waals surface area contributed by atoms with Gasteiger partial charge in [-0.15, -0.1) is 0 Å². The summed E-state index contributed by atoms with van der Waals surface area (Å²) < 4.78 is 0.647. The van der Waals surface area contributed by atoms with E-state index in [2.05, 4.69) is 36.8 Å². The number of ketones is 1. The van der Waals surface area contributed by atoms with E-state index in [4.69, 9.17) is 0 Å². The number of hydrogen-bond donors (Lipinski definition) is 2. The van der Waals surface area contributed by atoms with E-state index in [1.54, 1.807) is 54.7 Å². The second-order valence-corrected chi connectivity index (χ2v) is 7.64. The van der Waals surface area contributed by atoms with Crippen LogP contribution >= 0.6 is 15.9 Å². The second-order valence-electron chi connectivity index (χ2n) is 6.72. The Labute approximate surface area is 187 Å². The van der Waals surface area contributed by atoms with Gasteiger partial charge in [0.1, 0.15) is 5.71 Å². The maximum absolute atomic E-state index is 12.7. The van der Waals surface area contributed by atoms with Gasteiger partial charge in [0.25, 0.3) is 11.8 Å². The average molecular weight is 479 g/mol. The predicted octanol–water partition coefficient (Wildman–Crippen LogP) is 4.39. The molecule has 31 heavy (non-hydrogen) atoms. The molecule has 0 bridgehead atoms. The second kappa shape index (κ2) is 9.90. The molecule has 0 radical (unpaired) electrons. The Balaban J connectivity index is 1.78. The summed E-state index contributed by atoms with van der Waals surface area (Å²) in [4.78, 5) is 41.6. The Morgan fingerprint density at radius 3 is 2.45 bits per heavy atom. The summed E-state index contributed by atoms with van der Waals surface area (Å²) in [5.74, 6) is -1.26. The summed E-state index contributed by atoms with van der Waals surface area (Å²) in [6.45, 7) is 3.41. The van der Waals surface area contributed by atoms with Crippen molar-refractivity contribution in [3.63, 3.8) is 0 Å². The smallest absolute Gasteiger partial charge is 0.273 e. The third-order valence-corrected chi connectivity index (χ3v) is 4.83. The summed E-state index contributed by atoms with van der Waals surface area (Å²) >= 11 is 3.32. The van der Waals surface area contributed by atoms with E-state index < -0.39 is 11.8 Å². The van der Waals surface area contributed by atoms with Crippen LogP contribution in [-0.2, 0) is 0 Å². The first-order valence-electron chi connectivity index (χ1n) is 9.32. The Morgan fingerprint density at radius 2 is 1.74 bits per heavy atom. The number of Topliss-reactive ketones (excluding diaryl/α,β-unsaturated/α-hetero) is 1. The number of rotatable bonds is 6. The summed E-state index contributed by atoms with van der Waals surface area (Å²) in [6, 6.07) is 15.2. The van der Waals surface area contributed by atoms with Crippen molar-refractivity contribution in [3.05, 3.63) is 93.7 Å². The first-order valence-corrected chi connectivity index (χ1v) is 10.1. The van der Waals surface area contributed by atoms with E-state index in [0.717, 1.165) is 5.56 Å². The highest BCUT2D eigenvalue weighted by Crippen LogP contribution is 2.22. The molecular weight excluding hydrogens is 460 g/mol. The minimum atomic E-state index is -0.570. The lowest BCUT2D eigenvalue weighted by Crippen LogP contribution is -2.24. The molecule has 156 valence electrons. The number of carbonyl (C=O) groups excluding carboxylic acids is 3. The van der Waals surface area contributed by atoms with Crippen LogP contribution in [0.4, 0.5) is 5.69 Å². The van der Waals surface area contributed by atoms with Gasteiger partial charge in [0.05, 0.1) is 16.8 Å². The van der Waals surface area contributed by atoms with Crippen LogP contribution in [0.25, 0.3) is 0 Å². The molecule has 0 saturated heterocycles. The van der Waals surface area contributed by atoms with Crippen molar-refractivity contribution >= 4 is 44.9 Å². The number of aromatic nitrogens is 1. The number of benzene rings is 2. The molecule has 0 unspecified atom stereocenters. The number of hydrazone groups is 1. The van der Waals surface area contributed by atoms with Crippen molar-refractivity contribution in [1.82, 2.24) is 10.4 Å². The number of halogens is 1. The number of hydrogen-bond acceptors (Lipinski definition) is 5. The topological polar surface area (TPSA) is 101 Å². The molecule has 2 aromatic carbocycles. The molecule has 0 spiro atoms. The van der Waals surface area contributed by atoms with Crippen molar-refractivity contribution in [3.8, 4) is 0 Å². The van der Waals surface area contributed by atoms with Crippen LogP contribution in [-0.4, -0.2) is 28.3 Å². The van der Waals surface area contributed by atoms with Gasteiger partial charge in [-0.1, -0.05) is 39.7 Å². The van der Waals surface area contributed by atoms with Crippen molar-refractivity contribution in [2.24, 2.45) is 5.10 Å². The van der Waals surface area contributed by atoms with Crippen molar-refractivity contribution in [2.75, 3.05) is 5.32 Å². The molecule has 0 atom stereocenters. The number of pyridine rings is 1. The zero-order chi connectivity index (χ0) is 22.4. The Kier molecular flexibility index (Phi) is 7.04. The van der Waals surface area contributed by atoms with Gasteiger partial charge in [-0.3, -0.25) is 19.4 Å². The minimum Gasteiger partial charge on any atom is -0.321 e. The fraction of sp³-hybridized carbons (Fsp3) is 0.0870. The van der Waals surface area contributed by atoms with Gasteiger partial charge in [-0.25, -0.2) is 5.43 Å². The van der Waals surface area contributed by atoms with Crippen molar-refractivity contribution < 1.29 is 14.4 Å². The normalized spacial score (nSPS) is 11.0. The molecule has 2 N–H and O–H groups in total. The molecule has 0 aliphatic heterocycles. The Bertz CT molecular complexity index is 1180. The minimum absolute atomic E-state index is 0.134. The molecular formula is C23H19BrN4O3. The maximum atomic E-state index is 12.7. The first-order chi connectivity index (χ1) is 14.8. The number of carbonyl (C=O) groups is 3. The van der Waals surface area contributed by atoms with Crippen molar-refractivity contribution in [1.29, 1.82) is 0 Å². The number of amides is 2. The van der Waals surface area contributed by atoms with Gasteiger partial charge >= 0.3 is 0 Å². The molecule has 0 fully saturated rings. The van der Waals surface area contributed by atoms with Crippen LogP contribution < -0.4 is 10.7 Å². The van der Waals surface area contributed by atoms with Crippen LogP contribution in [0.3, 0.4) is 0 Å². The molecule has 3 rings (SSSR count). The molecule has 0 saturated carbocycles. The largest absolute Gasteiger partial charge is 0.321 e. The van der Waals surface area contributed by atoms with Crippen LogP contribution in [0.5, 0.6) is 0 Å². The zero-order valence-corrected chi connectivity index (χ0v) is 18.4. The van der Waals surface area contributed by atoms with E-state index in [0.29, 0.717) is 21.3 Å². The third kappa shape index (κ3) is 5.70. The predicted molar refractivity (Wildman–Crippen MR) is 122 cm³/mol. The lowest BCUT2D eigenvalue weighted by molar-refractivity contribution is 0.0955. The van der Waals surface area contributed by atoms with Crippen LogP contribution in [0.15, 0.2) is 76.6 Å². The lowest BCUT2D eigenvalue weighted by atomic mass is 10.1. The van der Waals surface area contributed by atoms with Gasteiger partial charge in [-0.2, -0.15) is 5.10 Å². The van der Waals surface area contributed by atoms with Gasteiger partial charge in [-0.05, 0) is 50.2 Å². The summed E-state index contributed by atoms with van der Waals surface area (Å²) in [6.07, 6.45) is 2.99. The molecule has 2 amide bonds. The van der Waals surface area contributed by atoms with E-state index in [1.165, 1.54) is 13.1 Å². The maximum Gasteiger partial charge on any atom is 0.273 e. The molecule has 7 nitrogen and oxygen atoms in total.